The largest absolute Gasteiger partial charge is 0.477 e. The van der Waals surface area contributed by atoms with E-state index in [-0.39, 0.29) is 22.9 Å². The fraction of sp³-hybridized carbons (Fsp3) is 0.444. The monoisotopic (exact) mass is 343 g/mol. The smallest absolute Gasteiger partial charge is 0.341 e. The number of benzene rings is 1. The molecular weight excluding hydrogens is 325 g/mol. The zero-order chi connectivity index (χ0) is 17.3. The van der Waals surface area contributed by atoms with E-state index < -0.39 is 17.2 Å². The maximum Gasteiger partial charge on any atom is 0.341 e. The fourth-order valence-corrected chi connectivity index (χ4v) is 4.40. The number of carboxylic acids is 1. The molecule has 3 fully saturated rings. The molecule has 25 heavy (non-hydrogen) atoms. The summed E-state index contributed by atoms with van der Waals surface area (Å²) in [4.78, 5) is 28.8. The third-order valence-electron chi connectivity index (χ3n) is 5.70. The average molecular weight is 343 g/mol. The lowest BCUT2D eigenvalue weighted by molar-refractivity contribution is 0.0695. The van der Waals surface area contributed by atoms with Crippen molar-refractivity contribution >= 4 is 22.6 Å². The molecule has 1 aliphatic carbocycles. The Balaban J connectivity index is 1.77. The SMILES string of the molecule is O=C(O)c1c[nH]c2c(C3CC3)c(N3CC4CC3CN4)c(F)cc2c1=O. The van der Waals surface area contributed by atoms with Gasteiger partial charge in [-0.25, -0.2) is 9.18 Å². The van der Waals surface area contributed by atoms with E-state index in [9.17, 15) is 9.59 Å². The van der Waals surface area contributed by atoms with Crippen LogP contribution in [0.5, 0.6) is 0 Å². The molecule has 3 heterocycles. The number of aromatic nitrogens is 1. The number of carboxylic acid groups (broad SMARTS) is 1. The normalized spacial score (nSPS) is 25.1. The molecule has 3 N–H and O–H groups in total. The first-order valence-corrected chi connectivity index (χ1v) is 8.65. The Hall–Kier alpha value is -2.41. The number of aromatic carboxylic acids is 1. The molecule has 5 rings (SSSR count). The molecule has 1 saturated carbocycles. The molecule has 2 saturated heterocycles. The van der Waals surface area contributed by atoms with Crippen LogP contribution in [-0.2, 0) is 0 Å². The number of pyridine rings is 1. The van der Waals surface area contributed by atoms with E-state index in [1.54, 1.807) is 0 Å². The fourth-order valence-electron chi connectivity index (χ4n) is 4.40. The maximum atomic E-state index is 15.1. The summed E-state index contributed by atoms with van der Waals surface area (Å²) in [6.45, 7) is 1.62. The first-order chi connectivity index (χ1) is 12.0. The lowest BCUT2D eigenvalue weighted by atomic mass is 9.99. The van der Waals surface area contributed by atoms with Gasteiger partial charge in [0.25, 0.3) is 0 Å². The number of anilines is 1. The Morgan fingerprint density at radius 2 is 2.16 bits per heavy atom. The topological polar surface area (TPSA) is 85.4 Å². The van der Waals surface area contributed by atoms with Gasteiger partial charge in [0.05, 0.1) is 11.2 Å². The molecule has 3 aliphatic rings. The molecule has 2 bridgehead atoms. The van der Waals surface area contributed by atoms with Crippen molar-refractivity contribution in [3.05, 3.63) is 39.4 Å². The lowest BCUT2D eigenvalue weighted by Gasteiger charge is -2.32. The number of fused-ring (bicyclic) bond motifs is 3. The molecule has 0 amide bonds. The highest BCUT2D eigenvalue weighted by Gasteiger charge is 2.42. The van der Waals surface area contributed by atoms with Gasteiger partial charge in [-0.3, -0.25) is 4.79 Å². The van der Waals surface area contributed by atoms with Crippen LogP contribution in [0.4, 0.5) is 10.1 Å². The minimum atomic E-state index is -1.30. The highest BCUT2D eigenvalue weighted by molar-refractivity contribution is 5.95. The van der Waals surface area contributed by atoms with E-state index in [2.05, 4.69) is 15.2 Å². The summed E-state index contributed by atoms with van der Waals surface area (Å²) in [5, 5.41) is 12.7. The van der Waals surface area contributed by atoms with Crippen LogP contribution >= 0.6 is 0 Å². The Labute approximate surface area is 142 Å². The van der Waals surface area contributed by atoms with E-state index >= 15 is 4.39 Å². The predicted molar refractivity (Wildman–Crippen MR) is 91.0 cm³/mol. The second kappa shape index (κ2) is 5.05. The number of hydrogen-bond acceptors (Lipinski definition) is 4. The van der Waals surface area contributed by atoms with E-state index in [0.29, 0.717) is 17.2 Å². The van der Waals surface area contributed by atoms with Crippen molar-refractivity contribution in [2.45, 2.75) is 37.3 Å². The van der Waals surface area contributed by atoms with Gasteiger partial charge >= 0.3 is 5.97 Å². The summed E-state index contributed by atoms with van der Waals surface area (Å²) in [5.41, 5.74) is 1.05. The Morgan fingerprint density at radius 1 is 1.36 bits per heavy atom. The lowest BCUT2D eigenvalue weighted by Crippen LogP contribution is -2.44. The van der Waals surface area contributed by atoms with E-state index in [1.807, 2.05) is 0 Å². The predicted octanol–water partition coefficient (Wildman–Crippen LogP) is 1.79. The van der Waals surface area contributed by atoms with Gasteiger partial charge in [-0.15, -0.1) is 0 Å². The van der Waals surface area contributed by atoms with Gasteiger partial charge in [-0.2, -0.15) is 0 Å². The van der Waals surface area contributed by atoms with Gasteiger partial charge in [0.2, 0.25) is 5.43 Å². The van der Waals surface area contributed by atoms with Crippen molar-refractivity contribution in [2.75, 3.05) is 18.0 Å². The van der Waals surface area contributed by atoms with Crippen LogP contribution < -0.4 is 15.6 Å². The van der Waals surface area contributed by atoms with E-state index in [4.69, 9.17) is 5.11 Å². The van der Waals surface area contributed by atoms with Crippen molar-refractivity contribution < 1.29 is 14.3 Å². The average Bonchev–Trinajstić information content (AvgIpc) is 3.20. The maximum absolute atomic E-state index is 15.1. The van der Waals surface area contributed by atoms with Gasteiger partial charge in [0.15, 0.2) is 0 Å². The van der Waals surface area contributed by atoms with Crippen LogP contribution in [-0.4, -0.2) is 41.2 Å². The number of rotatable bonds is 3. The molecule has 130 valence electrons. The summed E-state index contributed by atoms with van der Waals surface area (Å²) in [5.74, 6) is -1.50. The molecule has 2 aliphatic heterocycles. The van der Waals surface area contributed by atoms with Crippen molar-refractivity contribution in [3.8, 4) is 0 Å². The van der Waals surface area contributed by atoms with E-state index in [1.165, 1.54) is 12.3 Å². The van der Waals surface area contributed by atoms with Crippen LogP contribution in [0.1, 0.15) is 41.1 Å². The van der Waals surface area contributed by atoms with Gasteiger partial charge in [-0.1, -0.05) is 0 Å². The zero-order valence-corrected chi connectivity index (χ0v) is 13.5. The highest BCUT2D eigenvalue weighted by atomic mass is 19.1. The quantitative estimate of drug-likeness (QED) is 0.791. The molecular formula is C18H18FN3O3. The number of carbonyl (C=O) groups is 1. The first-order valence-electron chi connectivity index (χ1n) is 8.65. The number of nitrogens with one attached hydrogen (secondary N) is 2. The Kier molecular flexibility index (Phi) is 3.01. The van der Waals surface area contributed by atoms with Gasteiger partial charge in [-0.05, 0) is 31.2 Å². The molecule has 0 radical (unpaired) electrons. The summed E-state index contributed by atoms with van der Waals surface area (Å²) in [7, 11) is 0. The Morgan fingerprint density at radius 3 is 2.76 bits per heavy atom. The molecule has 7 heteroatoms. The van der Waals surface area contributed by atoms with Crippen LogP contribution in [0, 0.1) is 5.82 Å². The summed E-state index contributed by atoms with van der Waals surface area (Å²) in [6.07, 6.45) is 4.18. The van der Waals surface area contributed by atoms with Crippen LogP contribution in [0.15, 0.2) is 17.1 Å². The summed E-state index contributed by atoms with van der Waals surface area (Å²) in [6, 6.07) is 1.88. The third-order valence-corrected chi connectivity index (χ3v) is 5.70. The number of piperazine rings is 1. The highest BCUT2D eigenvalue weighted by Crippen LogP contribution is 2.49. The first kappa shape index (κ1) is 14.9. The Bertz CT molecular complexity index is 966. The van der Waals surface area contributed by atoms with Gasteiger partial charge in [0.1, 0.15) is 11.4 Å². The third kappa shape index (κ3) is 2.12. The van der Waals surface area contributed by atoms with Crippen molar-refractivity contribution in [1.82, 2.24) is 10.3 Å². The van der Waals surface area contributed by atoms with Crippen molar-refractivity contribution in [3.63, 3.8) is 0 Å². The molecule has 6 nitrogen and oxygen atoms in total. The standard InChI is InChI=1S/C18H18FN3O3/c19-13-4-11-15(21-6-12(17(11)23)18(24)25)14(8-1-2-8)16(13)22-7-9-3-10(22)5-20-9/h4,6,8-10,20H,1-3,5,7H2,(H,21,23)(H,24,25). The molecule has 2 unspecified atom stereocenters. The number of nitrogens with zero attached hydrogens (tertiary/aromatic N) is 1. The zero-order valence-electron chi connectivity index (χ0n) is 13.5. The van der Waals surface area contributed by atoms with Crippen LogP contribution in [0.3, 0.4) is 0 Å². The molecule has 1 aromatic carbocycles. The van der Waals surface area contributed by atoms with Crippen LogP contribution in [0.25, 0.3) is 10.9 Å². The minimum Gasteiger partial charge on any atom is -0.477 e. The molecule has 0 spiro atoms. The second-order valence-electron chi connectivity index (χ2n) is 7.30. The molecule has 1 aromatic heterocycles. The number of H-pyrrole nitrogens is 1. The number of halogens is 1. The van der Waals surface area contributed by atoms with E-state index in [0.717, 1.165) is 37.9 Å². The summed E-state index contributed by atoms with van der Waals surface area (Å²) < 4.78 is 15.1. The van der Waals surface area contributed by atoms with Gasteiger partial charge < -0.3 is 20.3 Å². The van der Waals surface area contributed by atoms with Crippen molar-refractivity contribution in [2.24, 2.45) is 0 Å². The number of hydrogen-bond donors (Lipinski definition) is 3. The molecule has 2 atom stereocenters. The van der Waals surface area contributed by atoms with Gasteiger partial charge in [0, 0.05) is 42.3 Å². The molecule has 2 aromatic rings. The van der Waals surface area contributed by atoms with Crippen molar-refractivity contribution in [1.29, 1.82) is 0 Å². The second-order valence-corrected chi connectivity index (χ2v) is 7.30. The minimum absolute atomic E-state index is 0.130. The summed E-state index contributed by atoms with van der Waals surface area (Å²) >= 11 is 0. The number of aromatic amines is 1. The van der Waals surface area contributed by atoms with Crippen LogP contribution in [0.2, 0.25) is 0 Å².